The van der Waals surface area contributed by atoms with Crippen LogP contribution < -0.4 is 10.6 Å². The second-order valence-corrected chi connectivity index (χ2v) is 13.7. The Morgan fingerprint density at radius 3 is 1.07 bits per heavy atom. The monoisotopic (exact) mass is 848 g/mol. The first-order valence-corrected chi connectivity index (χ1v) is 19.7. The van der Waals surface area contributed by atoms with Gasteiger partial charge in [0.25, 0.3) is 23.6 Å². The molecule has 0 saturated carbocycles. The van der Waals surface area contributed by atoms with Crippen LogP contribution in [-0.2, 0) is 85.9 Å². The minimum absolute atomic E-state index is 0.0356. The number of nitrogens with zero attached hydrogens (tertiary/aromatic N) is 2. The summed E-state index contributed by atoms with van der Waals surface area (Å²) in [4.78, 5) is 103. The van der Waals surface area contributed by atoms with E-state index < -0.39 is 35.6 Å². The van der Waals surface area contributed by atoms with Gasteiger partial charge in [0.2, 0.25) is 11.8 Å². The van der Waals surface area contributed by atoms with Gasteiger partial charge in [0.05, 0.1) is 119 Å². The SMILES string of the molecule is CC(C)(COCCC(=O)NCCOCCOCCOCCC(=O)ON1C(=O)CCC1=O)COCCC(=O)NCCOCCOCCOCCC(=O)ON1C(=O)CCC1=O. The van der Waals surface area contributed by atoms with E-state index >= 15 is 0 Å². The van der Waals surface area contributed by atoms with Crippen molar-refractivity contribution in [1.82, 2.24) is 20.8 Å². The van der Waals surface area contributed by atoms with Gasteiger partial charge in [0, 0.05) is 57.0 Å². The molecule has 2 rings (SSSR count). The summed E-state index contributed by atoms with van der Waals surface area (Å²) >= 11 is 0. The first-order valence-electron chi connectivity index (χ1n) is 19.7. The van der Waals surface area contributed by atoms with E-state index in [-0.39, 0.29) is 121 Å². The number of ether oxygens (including phenoxy) is 8. The normalized spacial score (nSPS) is 14.3. The highest BCUT2D eigenvalue weighted by atomic mass is 16.7. The van der Waals surface area contributed by atoms with Crippen LogP contribution in [0.15, 0.2) is 0 Å². The molecule has 0 aromatic carbocycles. The third kappa shape index (κ3) is 25.2. The topological polar surface area (TPSA) is 259 Å². The summed E-state index contributed by atoms with van der Waals surface area (Å²) in [5.41, 5.74) is -0.323. The molecule has 2 aliphatic heterocycles. The van der Waals surface area contributed by atoms with Crippen LogP contribution in [0.3, 0.4) is 0 Å². The maximum Gasteiger partial charge on any atom is 0.335 e. The number of amides is 6. The van der Waals surface area contributed by atoms with Crippen molar-refractivity contribution in [2.75, 3.05) is 119 Å². The predicted octanol–water partition coefficient (Wildman–Crippen LogP) is -0.847. The lowest BCUT2D eigenvalue weighted by Gasteiger charge is -2.24. The third-order valence-corrected chi connectivity index (χ3v) is 7.86. The number of hydrogen-bond acceptors (Lipinski definition) is 18. The van der Waals surface area contributed by atoms with E-state index in [2.05, 4.69) is 10.6 Å². The zero-order valence-corrected chi connectivity index (χ0v) is 34.1. The fourth-order valence-corrected chi connectivity index (χ4v) is 4.78. The lowest BCUT2D eigenvalue weighted by atomic mass is 9.96. The van der Waals surface area contributed by atoms with Crippen molar-refractivity contribution in [3.63, 3.8) is 0 Å². The van der Waals surface area contributed by atoms with Crippen LogP contribution >= 0.6 is 0 Å². The Morgan fingerprint density at radius 1 is 0.441 bits per heavy atom. The van der Waals surface area contributed by atoms with E-state index in [0.717, 1.165) is 0 Å². The highest BCUT2D eigenvalue weighted by Crippen LogP contribution is 2.16. The summed E-state index contributed by atoms with van der Waals surface area (Å²) < 4.78 is 43.5. The van der Waals surface area contributed by atoms with Crippen molar-refractivity contribution in [1.29, 1.82) is 0 Å². The highest BCUT2D eigenvalue weighted by molar-refractivity contribution is 6.02. The summed E-state index contributed by atoms with van der Waals surface area (Å²) in [6.45, 7) is 8.85. The minimum Gasteiger partial charge on any atom is -0.380 e. The molecule has 2 N–H and O–H groups in total. The van der Waals surface area contributed by atoms with Crippen LogP contribution in [-0.4, -0.2) is 176 Å². The van der Waals surface area contributed by atoms with E-state index in [0.29, 0.717) is 76.1 Å². The summed E-state index contributed by atoms with van der Waals surface area (Å²) in [7, 11) is 0. The number of hydrogen-bond donors (Lipinski definition) is 2. The van der Waals surface area contributed by atoms with Gasteiger partial charge in [-0.25, -0.2) is 9.59 Å². The fraction of sp³-hybridized carbons (Fsp3) is 0.784. The second kappa shape index (κ2) is 30.8. The van der Waals surface area contributed by atoms with Crippen LogP contribution in [0, 0.1) is 5.41 Å². The Hall–Kier alpha value is -4.16. The van der Waals surface area contributed by atoms with Gasteiger partial charge in [-0.05, 0) is 0 Å². The third-order valence-electron chi connectivity index (χ3n) is 7.86. The van der Waals surface area contributed by atoms with Gasteiger partial charge in [-0.1, -0.05) is 13.8 Å². The zero-order valence-electron chi connectivity index (χ0n) is 34.1. The van der Waals surface area contributed by atoms with Gasteiger partial charge >= 0.3 is 11.9 Å². The molecule has 0 bridgehead atoms. The maximum absolute atomic E-state index is 12.1. The number of rotatable bonds is 36. The van der Waals surface area contributed by atoms with Crippen molar-refractivity contribution in [2.24, 2.45) is 5.41 Å². The van der Waals surface area contributed by atoms with Gasteiger partial charge in [0.15, 0.2) is 0 Å². The van der Waals surface area contributed by atoms with Crippen molar-refractivity contribution in [3.05, 3.63) is 0 Å². The molecule has 2 saturated heterocycles. The molecule has 2 fully saturated rings. The van der Waals surface area contributed by atoms with Crippen LogP contribution in [0.4, 0.5) is 0 Å². The molecule has 0 aromatic rings. The molecule has 22 nitrogen and oxygen atoms in total. The van der Waals surface area contributed by atoms with Crippen LogP contribution in [0.25, 0.3) is 0 Å². The molecular weight excluding hydrogens is 788 g/mol. The van der Waals surface area contributed by atoms with Crippen molar-refractivity contribution in [2.45, 2.75) is 65.2 Å². The minimum atomic E-state index is -0.729. The molecule has 0 atom stereocenters. The maximum atomic E-state index is 12.1. The largest absolute Gasteiger partial charge is 0.380 e. The van der Waals surface area contributed by atoms with Crippen molar-refractivity contribution < 1.29 is 85.9 Å². The van der Waals surface area contributed by atoms with Crippen molar-refractivity contribution >= 4 is 47.4 Å². The van der Waals surface area contributed by atoms with Crippen LogP contribution in [0.5, 0.6) is 0 Å². The smallest absolute Gasteiger partial charge is 0.335 e. The Kier molecular flexibility index (Phi) is 26.6. The van der Waals surface area contributed by atoms with E-state index in [1.54, 1.807) is 0 Å². The van der Waals surface area contributed by atoms with Gasteiger partial charge in [-0.15, -0.1) is 10.1 Å². The highest BCUT2D eigenvalue weighted by Gasteiger charge is 2.33. The summed E-state index contributed by atoms with van der Waals surface area (Å²) in [6, 6.07) is 0. The number of imide groups is 2. The standard InChI is InChI=1S/C37H60N4O18/c1-37(2,27-56-13-7-29(42)38-11-17-52-21-25-54-23-19-50-15-9-35(48)58-40-31(44)3-4-32(40)45)28-57-14-8-30(43)39-12-18-53-22-26-55-24-20-51-16-10-36(49)59-41-33(46)5-6-34(41)47/h3-28H2,1-2H3,(H,38,42)(H,39,43). The van der Waals surface area contributed by atoms with Gasteiger partial charge in [-0.3, -0.25) is 28.8 Å². The molecule has 2 heterocycles. The Labute approximate surface area is 343 Å². The first kappa shape index (κ1) is 51.0. The van der Waals surface area contributed by atoms with Gasteiger partial charge < -0.3 is 58.2 Å². The fourth-order valence-electron chi connectivity index (χ4n) is 4.78. The molecule has 336 valence electrons. The second-order valence-electron chi connectivity index (χ2n) is 13.7. The molecule has 2 aliphatic rings. The molecule has 59 heavy (non-hydrogen) atoms. The van der Waals surface area contributed by atoms with E-state index in [1.807, 2.05) is 13.8 Å². The van der Waals surface area contributed by atoms with E-state index in [4.69, 9.17) is 47.6 Å². The van der Waals surface area contributed by atoms with Crippen LogP contribution in [0.2, 0.25) is 0 Å². The van der Waals surface area contributed by atoms with Crippen LogP contribution in [0.1, 0.15) is 65.2 Å². The molecule has 0 aliphatic carbocycles. The zero-order chi connectivity index (χ0) is 43.1. The summed E-state index contributed by atoms with van der Waals surface area (Å²) in [5.74, 6) is -3.93. The molecule has 0 spiro atoms. The summed E-state index contributed by atoms with van der Waals surface area (Å²) in [5, 5.41) is 6.51. The summed E-state index contributed by atoms with van der Waals surface area (Å²) in [6.07, 6.45) is 0.304. The molecule has 0 radical (unpaired) electrons. The molecule has 22 heteroatoms. The Bertz CT molecular complexity index is 1200. The molecular formula is C37H60N4O18. The van der Waals surface area contributed by atoms with Gasteiger partial charge in [0.1, 0.15) is 0 Å². The molecule has 6 amide bonds. The lowest BCUT2D eigenvalue weighted by molar-refractivity contribution is -0.198. The average molecular weight is 849 g/mol. The number of hydroxylamine groups is 4. The first-order chi connectivity index (χ1) is 28.4. The molecule has 0 unspecified atom stereocenters. The Morgan fingerprint density at radius 2 is 0.729 bits per heavy atom. The number of carbonyl (C=O) groups excluding carboxylic acids is 8. The lowest BCUT2D eigenvalue weighted by Crippen LogP contribution is -2.32. The predicted molar refractivity (Wildman–Crippen MR) is 199 cm³/mol. The van der Waals surface area contributed by atoms with Crippen molar-refractivity contribution in [3.8, 4) is 0 Å². The number of carbonyl (C=O) groups is 8. The molecule has 0 aromatic heterocycles. The average Bonchev–Trinajstić information content (AvgIpc) is 3.69. The number of nitrogens with one attached hydrogen (secondary N) is 2. The van der Waals surface area contributed by atoms with Gasteiger partial charge in [-0.2, -0.15) is 0 Å². The quantitative estimate of drug-likeness (QED) is 0.0575. The van der Waals surface area contributed by atoms with E-state index in [1.165, 1.54) is 0 Å². The van der Waals surface area contributed by atoms with E-state index in [9.17, 15) is 38.4 Å². The Balaban J connectivity index is 1.28.